The topological polar surface area (TPSA) is 54.7 Å². The first-order valence-electron chi connectivity index (χ1n) is 6.48. The summed E-state index contributed by atoms with van der Waals surface area (Å²) in [7, 11) is 0. The Hall–Kier alpha value is -1.35. The van der Waals surface area contributed by atoms with Gasteiger partial charge in [-0.25, -0.2) is 0 Å². The largest absolute Gasteiger partial charge is 0.330 e. The van der Waals surface area contributed by atoms with E-state index in [1.165, 1.54) is 48.6 Å². The van der Waals surface area contributed by atoms with Gasteiger partial charge in [0.25, 0.3) is 0 Å². The first-order chi connectivity index (χ1) is 8.36. The van der Waals surface area contributed by atoms with Crippen molar-refractivity contribution in [1.29, 1.82) is 0 Å². The molecule has 1 heterocycles. The smallest absolute Gasteiger partial charge is 0.0688 e. The van der Waals surface area contributed by atoms with Crippen molar-refractivity contribution in [2.75, 3.05) is 6.54 Å². The fourth-order valence-corrected chi connectivity index (χ4v) is 3.22. The number of hydrogen-bond donors (Lipinski definition) is 2. The molecular weight excluding hydrogens is 210 g/mol. The van der Waals surface area contributed by atoms with Crippen molar-refractivity contribution in [2.45, 2.75) is 37.5 Å². The zero-order valence-electron chi connectivity index (χ0n) is 10.1. The molecule has 90 valence electrons. The molecule has 0 amide bonds. The summed E-state index contributed by atoms with van der Waals surface area (Å²) >= 11 is 0. The van der Waals surface area contributed by atoms with E-state index in [0.29, 0.717) is 0 Å². The van der Waals surface area contributed by atoms with E-state index in [1.807, 2.05) is 6.20 Å². The van der Waals surface area contributed by atoms with Gasteiger partial charge in [-0.05, 0) is 18.4 Å². The summed E-state index contributed by atoms with van der Waals surface area (Å²) in [6, 6.07) is 6.45. The first kappa shape index (κ1) is 10.8. The second kappa shape index (κ2) is 4.15. The summed E-state index contributed by atoms with van der Waals surface area (Å²) in [5.74, 6) is 0. The molecule has 0 bridgehead atoms. The van der Waals surface area contributed by atoms with Gasteiger partial charge in [-0.1, -0.05) is 37.5 Å². The number of nitrogens with one attached hydrogen (secondary N) is 1. The predicted octanol–water partition coefficient (Wildman–Crippen LogP) is 2.72. The van der Waals surface area contributed by atoms with Crippen LogP contribution in [-0.4, -0.2) is 16.7 Å². The Labute approximate surface area is 101 Å². The average molecular weight is 229 g/mol. The highest BCUT2D eigenvalue weighted by Crippen LogP contribution is 2.40. The van der Waals surface area contributed by atoms with Crippen molar-refractivity contribution in [1.82, 2.24) is 10.2 Å². The van der Waals surface area contributed by atoms with Gasteiger partial charge in [0.15, 0.2) is 0 Å². The van der Waals surface area contributed by atoms with Crippen LogP contribution in [0.3, 0.4) is 0 Å². The van der Waals surface area contributed by atoms with Crippen LogP contribution in [0, 0.1) is 0 Å². The Bertz CT molecular complexity index is 509. The minimum absolute atomic E-state index is 0.171. The van der Waals surface area contributed by atoms with E-state index in [0.717, 1.165) is 6.54 Å². The third kappa shape index (κ3) is 1.65. The zero-order valence-corrected chi connectivity index (χ0v) is 10.1. The summed E-state index contributed by atoms with van der Waals surface area (Å²) in [5.41, 5.74) is 8.82. The van der Waals surface area contributed by atoms with Crippen LogP contribution in [0.15, 0.2) is 24.4 Å². The Morgan fingerprint density at radius 1 is 1.24 bits per heavy atom. The number of aromatic amines is 1. The summed E-state index contributed by atoms with van der Waals surface area (Å²) in [4.78, 5) is 0. The number of nitrogens with two attached hydrogens (primary N) is 1. The molecule has 0 spiro atoms. The molecule has 0 aliphatic heterocycles. The second-order valence-electron chi connectivity index (χ2n) is 5.18. The van der Waals surface area contributed by atoms with Crippen molar-refractivity contribution in [3.05, 3.63) is 30.0 Å². The van der Waals surface area contributed by atoms with Crippen LogP contribution in [0.5, 0.6) is 0 Å². The minimum Gasteiger partial charge on any atom is -0.330 e. The van der Waals surface area contributed by atoms with Gasteiger partial charge in [0.2, 0.25) is 0 Å². The van der Waals surface area contributed by atoms with Crippen LogP contribution in [0.25, 0.3) is 10.9 Å². The Morgan fingerprint density at radius 3 is 2.82 bits per heavy atom. The number of hydrogen-bond acceptors (Lipinski definition) is 2. The van der Waals surface area contributed by atoms with Crippen LogP contribution >= 0.6 is 0 Å². The SMILES string of the molecule is NCC1(c2cccc3cn[nH]c23)CCCCC1. The third-order valence-corrected chi connectivity index (χ3v) is 4.25. The fraction of sp³-hybridized carbons (Fsp3) is 0.500. The highest BCUT2D eigenvalue weighted by atomic mass is 15.1. The lowest BCUT2D eigenvalue weighted by atomic mass is 9.69. The van der Waals surface area contributed by atoms with E-state index in [-0.39, 0.29) is 5.41 Å². The van der Waals surface area contributed by atoms with Crippen LogP contribution in [-0.2, 0) is 5.41 Å². The molecule has 2 aromatic rings. The molecule has 1 fully saturated rings. The van der Waals surface area contributed by atoms with Crippen LogP contribution in [0.1, 0.15) is 37.7 Å². The molecule has 1 aliphatic rings. The van der Waals surface area contributed by atoms with Gasteiger partial charge >= 0.3 is 0 Å². The molecule has 1 aromatic carbocycles. The van der Waals surface area contributed by atoms with Crippen LogP contribution < -0.4 is 5.73 Å². The number of H-pyrrole nitrogens is 1. The normalized spacial score (nSPS) is 19.6. The standard InChI is InChI=1S/C14H19N3/c15-10-14(7-2-1-3-8-14)12-6-4-5-11-9-16-17-13(11)12/h4-6,9H,1-3,7-8,10,15H2,(H,16,17). The van der Waals surface area contributed by atoms with E-state index < -0.39 is 0 Å². The van der Waals surface area contributed by atoms with Gasteiger partial charge in [0.1, 0.15) is 0 Å². The minimum atomic E-state index is 0.171. The molecule has 1 aromatic heterocycles. The van der Waals surface area contributed by atoms with Gasteiger partial charge in [0.05, 0.1) is 11.7 Å². The fourth-order valence-electron chi connectivity index (χ4n) is 3.22. The second-order valence-corrected chi connectivity index (χ2v) is 5.18. The van der Waals surface area contributed by atoms with Crippen LogP contribution in [0.2, 0.25) is 0 Å². The molecule has 1 saturated carbocycles. The maximum atomic E-state index is 6.10. The van der Waals surface area contributed by atoms with Gasteiger partial charge < -0.3 is 5.73 Å². The van der Waals surface area contributed by atoms with E-state index in [1.54, 1.807) is 0 Å². The first-order valence-corrected chi connectivity index (χ1v) is 6.48. The lowest BCUT2D eigenvalue weighted by Crippen LogP contribution is -2.37. The summed E-state index contributed by atoms with van der Waals surface area (Å²) in [6.07, 6.45) is 8.25. The Kier molecular flexibility index (Phi) is 2.63. The molecule has 3 heteroatoms. The van der Waals surface area contributed by atoms with Gasteiger partial charge in [-0.2, -0.15) is 5.10 Å². The van der Waals surface area contributed by atoms with Crippen molar-refractivity contribution in [3.63, 3.8) is 0 Å². The molecule has 3 N–H and O–H groups in total. The molecule has 17 heavy (non-hydrogen) atoms. The summed E-state index contributed by atoms with van der Waals surface area (Å²) in [6.45, 7) is 0.741. The number of benzene rings is 1. The summed E-state index contributed by atoms with van der Waals surface area (Å²) < 4.78 is 0. The highest BCUT2D eigenvalue weighted by molar-refractivity contribution is 5.82. The highest BCUT2D eigenvalue weighted by Gasteiger charge is 2.34. The lowest BCUT2D eigenvalue weighted by molar-refractivity contribution is 0.302. The van der Waals surface area contributed by atoms with Crippen LogP contribution in [0.4, 0.5) is 0 Å². The van der Waals surface area contributed by atoms with Gasteiger partial charge in [-0.3, -0.25) is 5.10 Å². The number of para-hydroxylation sites is 1. The molecule has 1 aliphatic carbocycles. The van der Waals surface area contributed by atoms with Crippen molar-refractivity contribution >= 4 is 10.9 Å². The number of aromatic nitrogens is 2. The number of fused-ring (bicyclic) bond motifs is 1. The van der Waals surface area contributed by atoms with Crippen molar-refractivity contribution in [3.8, 4) is 0 Å². The maximum absolute atomic E-state index is 6.10. The summed E-state index contributed by atoms with van der Waals surface area (Å²) in [5, 5.41) is 8.49. The molecule has 3 nitrogen and oxygen atoms in total. The lowest BCUT2D eigenvalue weighted by Gasteiger charge is -2.37. The number of nitrogens with zero attached hydrogens (tertiary/aromatic N) is 1. The van der Waals surface area contributed by atoms with E-state index in [2.05, 4.69) is 28.4 Å². The quantitative estimate of drug-likeness (QED) is 0.832. The monoisotopic (exact) mass is 229 g/mol. The maximum Gasteiger partial charge on any atom is 0.0688 e. The third-order valence-electron chi connectivity index (χ3n) is 4.25. The predicted molar refractivity (Wildman–Crippen MR) is 69.9 cm³/mol. The number of rotatable bonds is 2. The van der Waals surface area contributed by atoms with E-state index in [4.69, 9.17) is 5.73 Å². The molecule has 3 rings (SSSR count). The molecule has 0 atom stereocenters. The molecule has 0 radical (unpaired) electrons. The van der Waals surface area contributed by atoms with Crippen molar-refractivity contribution in [2.24, 2.45) is 5.73 Å². The van der Waals surface area contributed by atoms with Crippen molar-refractivity contribution < 1.29 is 0 Å². The molecular formula is C14H19N3. The Morgan fingerprint density at radius 2 is 2.06 bits per heavy atom. The zero-order chi connectivity index (χ0) is 11.7. The van der Waals surface area contributed by atoms with E-state index >= 15 is 0 Å². The van der Waals surface area contributed by atoms with Gasteiger partial charge in [0, 0.05) is 17.3 Å². The van der Waals surface area contributed by atoms with Gasteiger partial charge in [-0.15, -0.1) is 0 Å². The molecule has 0 saturated heterocycles. The average Bonchev–Trinajstić information content (AvgIpc) is 2.87. The Balaban J connectivity index is 2.14. The molecule has 0 unspecified atom stereocenters. The van der Waals surface area contributed by atoms with E-state index in [9.17, 15) is 0 Å².